The number of aryl methyl sites for hydroxylation is 2. The van der Waals surface area contributed by atoms with Crippen LogP contribution in [0.3, 0.4) is 0 Å². The summed E-state index contributed by atoms with van der Waals surface area (Å²) in [6.07, 6.45) is 7.48. The molecule has 0 aliphatic carbocycles. The van der Waals surface area contributed by atoms with Crippen LogP contribution in [0.5, 0.6) is 0 Å². The molecule has 3 aromatic heterocycles. The largest absolute Gasteiger partial charge is 0.465 e. The van der Waals surface area contributed by atoms with Crippen molar-refractivity contribution in [2.24, 2.45) is 0 Å². The Labute approximate surface area is 172 Å². The first kappa shape index (κ1) is 19.3. The Kier molecular flexibility index (Phi) is 5.66. The van der Waals surface area contributed by atoms with E-state index < -0.39 is 0 Å². The van der Waals surface area contributed by atoms with Gasteiger partial charge in [0, 0.05) is 18.7 Å². The van der Waals surface area contributed by atoms with E-state index in [2.05, 4.69) is 25.5 Å². The van der Waals surface area contributed by atoms with Crippen molar-refractivity contribution in [1.82, 2.24) is 25.1 Å². The molecule has 4 rings (SSSR count). The van der Waals surface area contributed by atoms with Gasteiger partial charge in [-0.25, -0.2) is 9.97 Å². The van der Waals surface area contributed by atoms with Crippen molar-refractivity contribution in [1.29, 1.82) is 0 Å². The highest BCUT2D eigenvalue weighted by molar-refractivity contribution is 7.15. The third-order valence-electron chi connectivity index (χ3n) is 4.67. The van der Waals surface area contributed by atoms with Crippen LogP contribution in [-0.4, -0.2) is 37.5 Å². The number of carbonyl (C=O) groups excluding carboxylic acids is 1. The van der Waals surface area contributed by atoms with Crippen LogP contribution in [0.25, 0.3) is 6.08 Å². The summed E-state index contributed by atoms with van der Waals surface area (Å²) in [5.41, 5.74) is 0.831. The van der Waals surface area contributed by atoms with E-state index >= 15 is 0 Å². The third kappa shape index (κ3) is 4.51. The fraction of sp³-hybridized carbons (Fsp3) is 0.350. The van der Waals surface area contributed by atoms with Crippen molar-refractivity contribution >= 4 is 34.3 Å². The first-order valence-electron chi connectivity index (χ1n) is 9.59. The van der Waals surface area contributed by atoms with Crippen molar-refractivity contribution < 1.29 is 9.21 Å². The van der Waals surface area contributed by atoms with Crippen molar-refractivity contribution in [2.75, 3.05) is 11.9 Å². The van der Waals surface area contributed by atoms with Crippen LogP contribution in [0.15, 0.2) is 35.0 Å². The summed E-state index contributed by atoms with van der Waals surface area (Å²) in [5.74, 6) is 1.92. The smallest absolute Gasteiger partial charge is 0.247 e. The minimum Gasteiger partial charge on any atom is -0.465 e. The number of nitrogens with zero attached hydrogens (tertiary/aromatic N) is 5. The maximum atomic E-state index is 12.7. The van der Waals surface area contributed by atoms with E-state index in [1.54, 1.807) is 24.5 Å². The number of anilines is 2. The summed E-state index contributed by atoms with van der Waals surface area (Å²) < 4.78 is 5.26. The molecule has 9 heteroatoms. The predicted octanol–water partition coefficient (Wildman–Crippen LogP) is 3.91. The molecule has 1 aliphatic rings. The van der Waals surface area contributed by atoms with E-state index in [-0.39, 0.29) is 11.9 Å². The standard InChI is InChI=1S/C20H22N6O2S/c1-3-18-24-25-20(29-18)23-17-12-15(21-13(2)22-17)16-7-4-10-26(16)19(27)9-8-14-6-5-11-28-14/h5-6,8-9,11-12,16H,3-4,7,10H2,1-2H3,(H,21,22,23,25)/b9-8+/t16-/m1/s1. The van der Waals surface area contributed by atoms with Gasteiger partial charge in [0.1, 0.15) is 22.4 Å². The van der Waals surface area contributed by atoms with Gasteiger partial charge in [0.05, 0.1) is 18.0 Å². The van der Waals surface area contributed by atoms with Crippen molar-refractivity contribution in [2.45, 2.75) is 39.2 Å². The predicted molar refractivity (Wildman–Crippen MR) is 111 cm³/mol. The molecule has 1 amide bonds. The zero-order valence-electron chi connectivity index (χ0n) is 16.3. The van der Waals surface area contributed by atoms with Crippen LogP contribution in [0, 0.1) is 6.92 Å². The molecule has 3 aromatic rings. The lowest BCUT2D eigenvalue weighted by Gasteiger charge is -2.23. The lowest BCUT2D eigenvalue weighted by Crippen LogP contribution is -2.29. The Hall–Kier alpha value is -3.07. The highest BCUT2D eigenvalue weighted by atomic mass is 32.1. The molecule has 0 saturated carbocycles. The molecule has 8 nitrogen and oxygen atoms in total. The number of amides is 1. The monoisotopic (exact) mass is 410 g/mol. The Balaban J connectivity index is 1.53. The summed E-state index contributed by atoms with van der Waals surface area (Å²) in [6.45, 7) is 4.60. The van der Waals surface area contributed by atoms with Gasteiger partial charge >= 0.3 is 0 Å². The molecule has 0 aromatic carbocycles. The fourth-order valence-corrected chi connectivity index (χ4v) is 4.04. The lowest BCUT2D eigenvalue weighted by atomic mass is 10.1. The van der Waals surface area contributed by atoms with Crippen molar-refractivity contribution in [3.8, 4) is 0 Å². The second kappa shape index (κ2) is 8.52. The number of carbonyl (C=O) groups is 1. The Morgan fingerprint density at radius 1 is 1.41 bits per heavy atom. The topological polar surface area (TPSA) is 97.0 Å². The summed E-state index contributed by atoms with van der Waals surface area (Å²) in [4.78, 5) is 23.7. The third-order valence-corrected chi connectivity index (χ3v) is 5.66. The van der Waals surface area contributed by atoms with Gasteiger partial charge in [0.15, 0.2) is 0 Å². The van der Waals surface area contributed by atoms with Crippen molar-refractivity contribution in [3.63, 3.8) is 0 Å². The number of likely N-dealkylation sites (tertiary alicyclic amines) is 1. The maximum Gasteiger partial charge on any atom is 0.247 e. The molecular weight excluding hydrogens is 388 g/mol. The Bertz CT molecular complexity index is 1010. The number of hydrogen-bond donors (Lipinski definition) is 1. The first-order chi connectivity index (χ1) is 14.1. The molecule has 1 saturated heterocycles. The normalized spacial score (nSPS) is 16.6. The highest BCUT2D eigenvalue weighted by Gasteiger charge is 2.30. The zero-order valence-corrected chi connectivity index (χ0v) is 17.1. The summed E-state index contributed by atoms with van der Waals surface area (Å²) in [5, 5.41) is 13.2. The molecule has 0 radical (unpaired) electrons. The Morgan fingerprint density at radius 2 is 2.31 bits per heavy atom. The number of nitrogens with one attached hydrogen (secondary N) is 1. The molecule has 4 heterocycles. The zero-order chi connectivity index (χ0) is 20.2. The molecule has 1 aliphatic heterocycles. The van der Waals surface area contributed by atoms with Gasteiger partial charge in [0.2, 0.25) is 11.0 Å². The molecule has 29 heavy (non-hydrogen) atoms. The molecule has 1 N–H and O–H groups in total. The minimum absolute atomic E-state index is 0.0496. The maximum absolute atomic E-state index is 12.7. The number of furan rings is 1. The van der Waals surface area contributed by atoms with Crippen LogP contribution >= 0.6 is 11.3 Å². The van der Waals surface area contributed by atoms with E-state index in [1.807, 2.05) is 30.9 Å². The average molecular weight is 411 g/mol. The van der Waals surface area contributed by atoms with Gasteiger partial charge in [-0.15, -0.1) is 10.2 Å². The highest BCUT2D eigenvalue weighted by Crippen LogP contribution is 2.32. The summed E-state index contributed by atoms with van der Waals surface area (Å²) in [6, 6.07) is 5.43. The van der Waals surface area contributed by atoms with Crippen LogP contribution in [0.1, 0.15) is 48.1 Å². The number of aromatic nitrogens is 4. The molecule has 0 bridgehead atoms. The molecular formula is C20H22N6O2S. The van der Waals surface area contributed by atoms with E-state index in [0.717, 1.165) is 30.0 Å². The van der Waals surface area contributed by atoms with E-state index in [9.17, 15) is 4.79 Å². The SMILES string of the molecule is CCc1nnc(Nc2cc([C@H]3CCCN3C(=O)/C=C/c3ccco3)nc(C)n2)s1. The molecule has 1 atom stereocenters. The summed E-state index contributed by atoms with van der Waals surface area (Å²) in [7, 11) is 0. The van der Waals surface area contributed by atoms with Gasteiger partial charge in [-0.05, 0) is 44.4 Å². The molecule has 0 unspecified atom stereocenters. The minimum atomic E-state index is -0.0772. The molecule has 1 fully saturated rings. The van der Waals surface area contributed by atoms with Gasteiger partial charge in [0.25, 0.3) is 0 Å². The van der Waals surface area contributed by atoms with E-state index in [0.29, 0.717) is 29.1 Å². The second-order valence-electron chi connectivity index (χ2n) is 6.74. The van der Waals surface area contributed by atoms with Gasteiger partial charge in [-0.1, -0.05) is 18.3 Å². The van der Waals surface area contributed by atoms with Gasteiger partial charge < -0.3 is 14.6 Å². The van der Waals surface area contributed by atoms with Crippen LogP contribution in [0.4, 0.5) is 10.9 Å². The van der Waals surface area contributed by atoms with E-state index in [4.69, 9.17) is 4.42 Å². The van der Waals surface area contributed by atoms with Gasteiger partial charge in [-0.2, -0.15) is 0 Å². The van der Waals surface area contributed by atoms with E-state index in [1.165, 1.54) is 11.3 Å². The summed E-state index contributed by atoms with van der Waals surface area (Å²) >= 11 is 1.51. The van der Waals surface area contributed by atoms with Gasteiger partial charge in [-0.3, -0.25) is 4.79 Å². The van der Waals surface area contributed by atoms with Crippen LogP contribution in [0.2, 0.25) is 0 Å². The van der Waals surface area contributed by atoms with Crippen molar-refractivity contribution in [3.05, 3.63) is 52.8 Å². The fourth-order valence-electron chi connectivity index (χ4n) is 3.36. The lowest BCUT2D eigenvalue weighted by molar-refractivity contribution is -0.126. The van der Waals surface area contributed by atoms with Crippen LogP contribution < -0.4 is 5.32 Å². The quantitative estimate of drug-likeness (QED) is 0.615. The second-order valence-corrected chi connectivity index (χ2v) is 7.81. The molecule has 150 valence electrons. The molecule has 0 spiro atoms. The van der Waals surface area contributed by atoms with Crippen LogP contribution in [-0.2, 0) is 11.2 Å². The number of hydrogen-bond acceptors (Lipinski definition) is 8. The number of rotatable bonds is 6. The first-order valence-corrected chi connectivity index (χ1v) is 10.4. The average Bonchev–Trinajstić information content (AvgIpc) is 3.46. The Morgan fingerprint density at radius 3 is 3.07 bits per heavy atom.